The Morgan fingerprint density at radius 3 is 2.75 bits per heavy atom. The van der Waals surface area contributed by atoms with E-state index in [2.05, 4.69) is 28.2 Å². The van der Waals surface area contributed by atoms with Crippen molar-refractivity contribution in [2.75, 3.05) is 19.0 Å². The summed E-state index contributed by atoms with van der Waals surface area (Å²) < 4.78 is 5.65. The van der Waals surface area contributed by atoms with Crippen molar-refractivity contribution in [1.82, 2.24) is 0 Å². The van der Waals surface area contributed by atoms with Crippen molar-refractivity contribution < 1.29 is 9.53 Å². The zero-order chi connectivity index (χ0) is 12.1. The fourth-order valence-electron chi connectivity index (χ4n) is 1.50. The minimum absolute atomic E-state index is 0.317. The number of esters is 1. The van der Waals surface area contributed by atoms with E-state index in [-0.39, 0.29) is 5.97 Å². The second-order valence-electron chi connectivity index (χ2n) is 3.56. The highest BCUT2D eigenvalue weighted by Crippen LogP contribution is 2.26. The van der Waals surface area contributed by atoms with E-state index < -0.39 is 0 Å². The summed E-state index contributed by atoms with van der Waals surface area (Å²) in [5.74, 6) is -0.317. The summed E-state index contributed by atoms with van der Waals surface area (Å²) in [5.41, 5.74) is 2.46. The molecule has 1 rings (SSSR count). The summed E-state index contributed by atoms with van der Waals surface area (Å²) >= 11 is 3.38. The van der Waals surface area contributed by atoms with Gasteiger partial charge in [0.2, 0.25) is 0 Å². The van der Waals surface area contributed by atoms with Crippen molar-refractivity contribution in [1.29, 1.82) is 0 Å². The topological polar surface area (TPSA) is 38.3 Å². The minimum atomic E-state index is -0.317. The Bertz CT molecular complexity index is 391. The van der Waals surface area contributed by atoms with Gasteiger partial charge in [0.1, 0.15) is 0 Å². The van der Waals surface area contributed by atoms with Crippen LogP contribution in [0.1, 0.15) is 29.3 Å². The number of anilines is 1. The molecule has 0 aromatic heterocycles. The molecule has 4 heteroatoms. The fraction of sp³-hybridized carbons (Fsp3) is 0.417. The van der Waals surface area contributed by atoms with Gasteiger partial charge in [-0.3, -0.25) is 0 Å². The molecule has 0 saturated heterocycles. The van der Waals surface area contributed by atoms with E-state index in [1.54, 1.807) is 6.07 Å². The molecule has 0 unspecified atom stereocenters. The maximum absolute atomic E-state index is 11.6. The first kappa shape index (κ1) is 13.0. The minimum Gasteiger partial charge on any atom is -0.465 e. The van der Waals surface area contributed by atoms with E-state index in [4.69, 9.17) is 4.74 Å². The molecule has 0 atom stereocenters. The van der Waals surface area contributed by atoms with Gasteiger partial charge >= 0.3 is 5.97 Å². The van der Waals surface area contributed by atoms with Gasteiger partial charge in [0.25, 0.3) is 0 Å². The quantitative estimate of drug-likeness (QED) is 0.862. The number of carbonyl (C=O) groups excluding carboxylic acids is 1. The van der Waals surface area contributed by atoms with Gasteiger partial charge < -0.3 is 10.1 Å². The van der Waals surface area contributed by atoms with Crippen LogP contribution in [0.3, 0.4) is 0 Å². The molecule has 1 aromatic carbocycles. The molecule has 0 fully saturated rings. The van der Waals surface area contributed by atoms with Crippen molar-refractivity contribution in [3.8, 4) is 0 Å². The molecule has 16 heavy (non-hydrogen) atoms. The molecule has 0 bridgehead atoms. The number of carbonyl (C=O) groups is 1. The van der Waals surface area contributed by atoms with Crippen molar-refractivity contribution in [3.05, 3.63) is 27.7 Å². The zero-order valence-electron chi connectivity index (χ0n) is 9.76. The summed E-state index contributed by atoms with van der Waals surface area (Å²) in [6, 6.07) is 3.75. The molecule has 0 spiro atoms. The van der Waals surface area contributed by atoms with E-state index in [0.29, 0.717) is 5.56 Å². The third-order valence-electron chi connectivity index (χ3n) is 2.26. The molecular weight excluding hydrogens is 270 g/mol. The Balaban J connectivity index is 3.15. The predicted molar refractivity (Wildman–Crippen MR) is 69.0 cm³/mol. The molecule has 88 valence electrons. The lowest BCUT2D eigenvalue weighted by Gasteiger charge is -2.13. The number of aryl methyl sites for hydroxylation is 1. The number of benzene rings is 1. The van der Waals surface area contributed by atoms with Crippen LogP contribution in [0.15, 0.2) is 16.6 Å². The first-order valence-corrected chi connectivity index (χ1v) is 6.01. The Morgan fingerprint density at radius 2 is 2.19 bits per heavy atom. The van der Waals surface area contributed by atoms with Crippen LogP contribution in [0.2, 0.25) is 0 Å². The maximum atomic E-state index is 11.6. The molecule has 0 aliphatic carbocycles. The van der Waals surface area contributed by atoms with E-state index in [1.165, 1.54) is 7.11 Å². The lowest BCUT2D eigenvalue weighted by molar-refractivity contribution is 0.0601. The van der Waals surface area contributed by atoms with Crippen LogP contribution in [0.25, 0.3) is 0 Å². The summed E-state index contributed by atoms with van der Waals surface area (Å²) in [5, 5.41) is 3.25. The van der Waals surface area contributed by atoms with E-state index in [0.717, 1.165) is 28.7 Å². The van der Waals surface area contributed by atoms with Crippen molar-refractivity contribution >= 4 is 27.6 Å². The van der Waals surface area contributed by atoms with Crippen LogP contribution in [-0.2, 0) is 4.74 Å². The van der Waals surface area contributed by atoms with Gasteiger partial charge in [-0.15, -0.1) is 0 Å². The average Bonchev–Trinajstić information content (AvgIpc) is 2.26. The number of rotatable bonds is 4. The number of ether oxygens (including phenoxy) is 1. The smallest absolute Gasteiger partial charge is 0.340 e. The number of nitrogens with one attached hydrogen (secondary N) is 1. The van der Waals surface area contributed by atoms with Crippen LogP contribution in [-0.4, -0.2) is 19.6 Å². The summed E-state index contributed by atoms with van der Waals surface area (Å²) in [7, 11) is 1.39. The van der Waals surface area contributed by atoms with Crippen LogP contribution in [0.5, 0.6) is 0 Å². The molecule has 3 nitrogen and oxygen atoms in total. The zero-order valence-corrected chi connectivity index (χ0v) is 11.3. The number of halogens is 1. The summed E-state index contributed by atoms with van der Waals surface area (Å²) in [4.78, 5) is 11.6. The molecule has 0 aliphatic heterocycles. The Hall–Kier alpha value is -1.03. The van der Waals surface area contributed by atoms with E-state index in [9.17, 15) is 4.79 Å². The summed E-state index contributed by atoms with van der Waals surface area (Å²) in [6.07, 6.45) is 1.01. The fourth-order valence-corrected chi connectivity index (χ4v) is 2.07. The first-order valence-electron chi connectivity index (χ1n) is 5.22. The molecule has 0 saturated carbocycles. The highest BCUT2D eigenvalue weighted by Gasteiger charge is 2.14. The van der Waals surface area contributed by atoms with Crippen molar-refractivity contribution in [2.45, 2.75) is 20.3 Å². The lowest BCUT2D eigenvalue weighted by atomic mass is 10.1. The Kier molecular flexibility index (Phi) is 4.80. The molecular formula is C12H16BrNO2. The van der Waals surface area contributed by atoms with Crippen LogP contribution in [0.4, 0.5) is 5.69 Å². The van der Waals surface area contributed by atoms with Gasteiger partial charge in [0.15, 0.2) is 0 Å². The highest BCUT2D eigenvalue weighted by atomic mass is 79.9. The van der Waals surface area contributed by atoms with Crippen LogP contribution < -0.4 is 5.32 Å². The second kappa shape index (κ2) is 5.89. The standard InChI is InChI=1S/C12H16BrNO2/c1-4-5-14-11-8(2)6-9(13)7-10(11)12(15)16-3/h6-7,14H,4-5H2,1-3H3. The third kappa shape index (κ3) is 2.98. The van der Waals surface area contributed by atoms with Crippen molar-refractivity contribution in [2.24, 2.45) is 0 Å². The van der Waals surface area contributed by atoms with Gasteiger partial charge in [0, 0.05) is 11.0 Å². The van der Waals surface area contributed by atoms with E-state index >= 15 is 0 Å². The molecule has 0 aliphatic rings. The SMILES string of the molecule is CCCNc1c(C)cc(Br)cc1C(=O)OC. The molecule has 0 heterocycles. The normalized spacial score (nSPS) is 10.0. The second-order valence-corrected chi connectivity index (χ2v) is 4.48. The van der Waals surface area contributed by atoms with Gasteiger partial charge in [-0.25, -0.2) is 4.79 Å². The molecule has 1 N–H and O–H groups in total. The average molecular weight is 286 g/mol. The molecule has 0 radical (unpaired) electrons. The van der Waals surface area contributed by atoms with Crippen molar-refractivity contribution in [3.63, 3.8) is 0 Å². The Labute approximate surface area is 104 Å². The number of methoxy groups -OCH3 is 1. The molecule has 1 aromatic rings. The lowest BCUT2D eigenvalue weighted by Crippen LogP contribution is -2.10. The highest BCUT2D eigenvalue weighted by molar-refractivity contribution is 9.10. The first-order chi connectivity index (χ1) is 7.60. The van der Waals surface area contributed by atoms with Crippen LogP contribution >= 0.6 is 15.9 Å². The monoisotopic (exact) mass is 285 g/mol. The van der Waals surface area contributed by atoms with Crippen LogP contribution in [0, 0.1) is 6.92 Å². The summed E-state index contributed by atoms with van der Waals surface area (Å²) in [6.45, 7) is 4.89. The maximum Gasteiger partial charge on any atom is 0.340 e. The van der Waals surface area contributed by atoms with Gasteiger partial charge in [-0.05, 0) is 31.0 Å². The number of hydrogen-bond acceptors (Lipinski definition) is 3. The predicted octanol–water partition coefficient (Wildman–Crippen LogP) is 3.37. The largest absolute Gasteiger partial charge is 0.465 e. The molecule has 0 amide bonds. The van der Waals surface area contributed by atoms with Gasteiger partial charge in [-0.1, -0.05) is 22.9 Å². The van der Waals surface area contributed by atoms with Gasteiger partial charge in [0.05, 0.1) is 18.4 Å². The Morgan fingerprint density at radius 1 is 1.50 bits per heavy atom. The van der Waals surface area contributed by atoms with Gasteiger partial charge in [-0.2, -0.15) is 0 Å². The third-order valence-corrected chi connectivity index (χ3v) is 2.72. The number of hydrogen-bond donors (Lipinski definition) is 1. The van der Waals surface area contributed by atoms with E-state index in [1.807, 2.05) is 13.0 Å².